The highest BCUT2D eigenvalue weighted by Crippen LogP contribution is 2.43. The Labute approximate surface area is 337 Å². The molecule has 0 aliphatic heterocycles. The van der Waals surface area contributed by atoms with Gasteiger partial charge in [0.2, 0.25) is 0 Å². The van der Waals surface area contributed by atoms with Crippen molar-refractivity contribution in [1.29, 1.82) is 0 Å². The normalized spacial score (nSPS) is 14.6. The zero-order valence-electron chi connectivity index (χ0n) is 35.6. The number of nitrogens with zero attached hydrogens (tertiary/aromatic N) is 1. The Morgan fingerprint density at radius 3 is 1.56 bits per heavy atom. The molecule has 0 aliphatic carbocycles. The van der Waals surface area contributed by atoms with Crippen LogP contribution in [0.3, 0.4) is 0 Å². The van der Waals surface area contributed by atoms with Gasteiger partial charge in [-0.1, -0.05) is 157 Å². The first-order valence-electron chi connectivity index (χ1n) is 21.4. The zero-order chi connectivity index (χ0) is 40.6. The van der Waals surface area contributed by atoms with Gasteiger partial charge in [0.05, 0.1) is 34.0 Å². The summed E-state index contributed by atoms with van der Waals surface area (Å²) in [6, 6.07) is 0. The maximum Gasteiger partial charge on any atom is 0.472 e. The van der Waals surface area contributed by atoms with Crippen LogP contribution in [0.5, 0.6) is 0 Å². The molecule has 0 aromatic carbocycles. The zero-order valence-corrected chi connectivity index (χ0v) is 36.5. The molecule has 0 saturated heterocycles. The summed E-state index contributed by atoms with van der Waals surface area (Å²) < 4.78 is 34.6. The highest BCUT2D eigenvalue weighted by atomic mass is 31.2. The van der Waals surface area contributed by atoms with Gasteiger partial charge < -0.3 is 18.9 Å². The minimum atomic E-state index is -4.31. The fourth-order valence-electron chi connectivity index (χ4n) is 5.25. The SMILES string of the molecule is CCC=CCC=CCC=CCC=CCC=CCC=CCCC(=O)OC(COC=CCCCCCCCCCCCCCC)COP(=O)(O)OCC[N+](C)(C)C. The molecule has 1 N–H and O–H groups in total. The summed E-state index contributed by atoms with van der Waals surface area (Å²) in [5.74, 6) is -0.420. The minimum Gasteiger partial charge on any atom is -0.498 e. The summed E-state index contributed by atoms with van der Waals surface area (Å²) in [4.78, 5) is 22.8. The van der Waals surface area contributed by atoms with E-state index in [9.17, 15) is 14.3 Å². The first kappa shape index (κ1) is 52.5. The van der Waals surface area contributed by atoms with E-state index in [0.29, 0.717) is 17.4 Å². The highest BCUT2D eigenvalue weighted by molar-refractivity contribution is 7.47. The van der Waals surface area contributed by atoms with E-state index >= 15 is 0 Å². The Balaban J connectivity index is 4.46. The molecule has 0 rings (SSSR count). The van der Waals surface area contributed by atoms with Gasteiger partial charge in [0, 0.05) is 6.42 Å². The number of likely N-dealkylation sites (N-methyl/N-ethyl adjacent to an activating group) is 1. The second kappa shape index (κ2) is 38.4. The molecule has 316 valence electrons. The lowest BCUT2D eigenvalue weighted by Gasteiger charge is -2.24. The molecule has 2 unspecified atom stereocenters. The predicted octanol–water partition coefficient (Wildman–Crippen LogP) is 12.8. The van der Waals surface area contributed by atoms with Crippen LogP contribution in [0.2, 0.25) is 0 Å². The number of phosphoric ester groups is 1. The van der Waals surface area contributed by atoms with Crippen LogP contribution in [-0.2, 0) is 27.9 Å². The molecular weight excluding hydrogens is 709 g/mol. The predicted molar refractivity (Wildman–Crippen MR) is 233 cm³/mol. The van der Waals surface area contributed by atoms with E-state index in [-0.39, 0.29) is 26.2 Å². The van der Waals surface area contributed by atoms with E-state index < -0.39 is 19.9 Å². The van der Waals surface area contributed by atoms with E-state index in [2.05, 4.69) is 74.6 Å². The number of esters is 1. The van der Waals surface area contributed by atoms with Gasteiger partial charge in [0.15, 0.2) is 6.10 Å². The Hall–Kier alpha value is -2.48. The number of carbonyl (C=O) groups is 1. The highest BCUT2D eigenvalue weighted by Gasteiger charge is 2.26. The Kier molecular flexibility index (Phi) is 36.7. The Morgan fingerprint density at radius 2 is 1.07 bits per heavy atom. The number of phosphoric acid groups is 1. The molecule has 2 atom stereocenters. The minimum absolute atomic E-state index is 0.0134. The molecule has 0 saturated carbocycles. The van der Waals surface area contributed by atoms with Crippen LogP contribution in [-0.4, -0.2) is 69.0 Å². The van der Waals surface area contributed by atoms with E-state index in [1.807, 2.05) is 39.4 Å². The van der Waals surface area contributed by atoms with Gasteiger partial charge in [-0.25, -0.2) is 4.57 Å². The number of rotatable bonds is 38. The number of ether oxygens (including phenoxy) is 2. The third-order valence-electron chi connectivity index (χ3n) is 8.55. The topological polar surface area (TPSA) is 91.3 Å². The molecular formula is C46H81NO7P+. The molecule has 55 heavy (non-hydrogen) atoms. The molecule has 0 radical (unpaired) electrons. The van der Waals surface area contributed by atoms with Gasteiger partial charge in [0.25, 0.3) is 0 Å². The number of hydrogen-bond acceptors (Lipinski definition) is 6. The summed E-state index contributed by atoms with van der Waals surface area (Å²) in [7, 11) is 1.58. The Morgan fingerprint density at radius 1 is 0.600 bits per heavy atom. The molecule has 8 nitrogen and oxygen atoms in total. The first-order chi connectivity index (χ1) is 26.6. The summed E-state index contributed by atoms with van der Waals surface area (Å²) in [5, 5.41) is 0. The van der Waals surface area contributed by atoms with Crippen LogP contribution >= 0.6 is 7.82 Å². The number of carbonyl (C=O) groups excluding carboxylic acids is 1. The summed E-state index contributed by atoms with van der Waals surface area (Å²) in [6.45, 7) is 4.71. The molecule has 9 heteroatoms. The van der Waals surface area contributed by atoms with Crippen molar-refractivity contribution in [3.8, 4) is 0 Å². The fourth-order valence-corrected chi connectivity index (χ4v) is 5.99. The average Bonchev–Trinajstić information content (AvgIpc) is 3.13. The van der Waals surface area contributed by atoms with Crippen molar-refractivity contribution >= 4 is 13.8 Å². The van der Waals surface area contributed by atoms with Crippen LogP contribution < -0.4 is 0 Å². The van der Waals surface area contributed by atoms with Crippen LogP contribution in [0.4, 0.5) is 0 Å². The third kappa shape index (κ3) is 42.5. The van der Waals surface area contributed by atoms with Gasteiger partial charge in [-0.15, -0.1) is 0 Å². The number of quaternary nitrogens is 1. The third-order valence-corrected chi connectivity index (χ3v) is 9.53. The van der Waals surface area contributed by atoms with E-state index in [0.717, 1.165) is 51.4 Å². The van der Waals surface area contributed by atoms with Gasteiger partial charge in [-0.05, 0) is 63.9 Å². The molecule has 0 aromatic rings. The van der Waals surface area contributed by atoms with E-state index in [1.54, 1.807) is 6.26 Å². The molecule has 0 amide bonds. The summed E-state index contributed by atoms with van der Waals surface area (Å²) in [6.07, 6.45) is 51.5. The smallest absolute Gasteiger partial charge is 0.472 e. The van der Waals surface area contributed by atoms with Crippen molar-refractivity contribution in [2.75, 3.05) is 47.5 Å². The second-order valence-corrected chi connectivity index (χ2v) is 16.5. The lowest BCUT2D eigenvalue weighted by Crippen LogP contribution is -2.37. The first-order valence-corrected chi connectivity index (χ1v) is 22.9. The summed E-state index contributed by atoms with van der Waals surface area (Å²) in [5.41, 5.74) is 0. The van der Waals surface area contributed by atoms with Crippen molar-refractivity contribution in [2.45, 2.75) is 155 Å². The number of unbranched alkanes of at least 4 members (excludes halogenated alkanes) is 12. The van der Waals surface area contributed by atoms with Crippen molar-refractivity contribution in [3.05, 3.63) is 85.3 Å². The van der Waals surface area contributed by atoms with Crippen LogP contribution in [0.15, 0.2) is 85.3 Å². The van der Waals surface area contributed by atoms with Crippen LogP contribution in [0.25, 0.3) is 0 Å². The molecule has 0 aliphatic rings. The number of allylic oxidation sites excluding steroid dienone is 13. The van der Waals surface area contributed by atoms with Gasteiger partial charge in [-0.2, -0.15) is 0 Å². The standard InChI is InChI=1S/C46H80NO7P/c1-6-8-10-12-14-16-18-20-22-23-24-25-26-27-29-31-33-35-37-39-46(48)54-45(44-53-55(49,50)52-42-40-47(3,4)5)43-51-41-38-36-34-32-30-28-21-19-17-15-13-11-9-7-2/h8,10,14,16,20,22,24-25,27,29,33,35,38,41,45H,6-7,9,11-13,15,17-19,21,23,26,28,30-32,34,36-37,39-40,42-44H2,1-5H3/p+1. The quantitative estimate of drug-likeness (QED) is 0.0166. The summed E-state index contributed by atoms with van der Waals surface area (Å²) >= 11 is 0. The number of hydrogen-bond donors (Lipinski definition) is 1. The maximum absolute atomic E-state index is 12.6. The van der Waals surface area contributed by atoms with Crippen LogP contribution in [0, 0.1) is 0 Å². The molecule has 0 spiro atoms. The van der Waals surface area contributed by atoms with E-state index in [4.69, 9.17) is 18.5 Å². The maximum atomic E-state index is 12.6. The molecule has 0 fully saturated rings. The monoisotopic (exact) mass is 791 g/mol. The molecule has 0 heterocycles. The van der Waals surface area contributed by atoms with Crippen molar-refractivity contribution in [2.24, 2.45) is 0 Å². The average molecular weight is 791 g/mol. The van der Waals surface area contributed by atoms with Gasteiger partial charge in [0.1, 0.15) is 19.8 Å². The lowest BCUT2D eigenvalue weighted by molar-refractivity contribution is -0.870. The molecule has 0 bridgehead atoms. The lowest BCUT2D eigenvalue weighted by atomic mass is 10.0. The van der Waals surface area contributed by atoms with Crippen molar-refractivity contribution in [1.82, 2.24) is 0 Å². The largest absolute Gasteiger partial charge is 0.498 e. The van der Waals surface area contributed by atoms with E-state index in [1.165, 1.54) is 70.6 Å². The van der Waals surface area contributed by atoms with Crippen molar-refractivity contribution < 1.29 is 37.3 Å². The second-order valence-electron chi connectivity index (χ2n) is 15.1. The van der Waals surface area contributed by atoms with Crippen molar-refractivity contribution in [3.63, 3.8) is 0 Å². The fraction of sp³-hybridized carbons (Fsp3) is 0.674. The van der Waals surface area contributed by atoms with Crippen LogP contribution in [0.1, 0.15) is 149 Å². The molecule has 0 aromatic heterocycles. The Bertz CT molecular complexity index is 1150. The van der Waals surface area contributed by atoms with Gasteiger partial charge >= 0.3 is 13.8 Å². The van der Waals surface area contributed by atoms with Gasteiger partial charge in [-0.3, -0.25) is 13.8 Å².